The molecule has 1 aromatic rings. The molecule has 0 unspecified atom stereocenters. The van der Waals surface area contributed by atoms with Crippen LogP contribution < -0.4 is 0 Å². The van der Waals surface area contributed by atoms with Gasteiger partial charge in [-0.25, -0.2) is 0 Å². The molecule has 74 valence electrons. The third-order valence-corrected chi connectivity index (χ3v) is 2.33. The second kappa shape index (κ2) is 4.24. The molecule has 14 heavy (non-hydrogen) atoms. The number of hydrogen-bond donors (Lipinski definition) is 0. The van der Waals surface area contributed by atoms with Gasteiger partial charge in [0.1, 0.15) is 12.2 Å². The molecule has 1 heterocycles. The summed E-state index contributed by atoms with van der Waals surface area (Å²) >= 11 is 3.22. The third kappa shape index (κ3) is 1.93. The molecular weight excluding hydrogens is 248 g/mol. The van der Waals surface area contributed by atoms with Crippen molar-refractivity contribution >= 4 is 21.8 Å². The Morgan fingerprint density at radius 1 is 1.86 bits per heavy atom. The van der Waals surface area contributed by atoms with Crippen molar-refractivity contribution in [2.75, 3.05) is 13.6 Å². The largest absolute Gasteiger partial charge is 0.327 e. The van der Waals surface area contributed by atoms with Crippen LogP contribution in [0.3, 0.4) is 0 Å². The molecule has 0 fully saturated rings. The fourth-order valence-corrected chi connectivity index (χ4v) is 1.53. The van der Waals surface area contributed by atoms with Gasteiger partial charge in [0, 0.05) is 14.1 Å². The second-order valence-corrected chi connectivity index (χ2v) is 3.64. The molecule has 0 atom stereocenters. The van der Waals surface area contributed by atoms with E-state index in [0.717, 1.165) is 0 Å². The van der Waals surface area contributed by atoms with E-state index in [9.17, 15) is 4.79 Å². The fourth-order valence-electron chi connectivity index (χ4n) is 1.01. The van der Waals surface area contributed by atoms with Crippen molar-refractivity contribution in [3.8, 4) is 6.07 Å². The van der Waals surface area contributed by atoms with Gasteiger partial charge in [-0.15, -0.1) is 0 Å². The van der Waals surface area contributed by atoms with Crippen molar-refractivity contribution < 1.29 is 4.79 Å². The molecule has 0 aliphatic rings. The highest BCUT2D eigenvalue weighted by molar-refractivity contribution is 9.10. The first-order valence-corrected chi connectivity index (χ1v) is 4.67. The first-order chi connectivity index (χ1) is 6.57. The Bertz CT molecular complexity index is 373. The lowest BCUT2D eigenvalue weighted by Crippen LogP contribution is -2.29. The predicted molar refractivity (Wildman–Crippen MR) is 53.5 cm³/mol. The zero-order valence-corrected chi connectivity index (χ0v) is 9.45. The Labute approximate surface area is 90.0 Å². The van der Waals surface area contributed by atoms with Crippen molar-refractivity contribution in [3.63, 3.8) is 0 Å². The first kappa shape index (κ1) is 10.7. The molecule has 0 aliphatic carbocycles. The van der Waals surface area contributed by atoms with E-state index in [2.05, 4.69) is 21.0 Å². The first-order valence-electron chi connectivity index (χ1n) is 3.88. The van der Waals surface area contributed by atoms with E-state index >= 15 is 0 Å². The van der Waals surface area contributed by atoms with E-state index in [1.54, 1.807) is 20.3 Å². The van der Waals surface area contributed by atoms with Crippen LogP contribution in [0.25, 0.3) is 0 Å². The Hall–Kier alpha value is -1.35. The maximum absolute atomic E-state index is 11.7. The molecule has 1 rings (SSSR count). The van der Waals surface area contributed by atoms with Gasteiger partial charge >= 0.3 is 0 Å². The molecule has 6 heteroatoms. The van der Waals surface area contributed by atoms with Gasteiger partial charge < -0.3 is 4.90 Å². The van der Waals surface area contributed by atoms with Crippen LogP contribution in [-0.4, -0.2) is 34.2 Å². The van der Waals surface area contributed by atoms with E-state index < -0.39 is 0 Å². The molecule has 0 spiro atoms. The number of carbonyl (C=O) groups excluding carboxylic acids is 1. The summed E-state index contributed by atoms with van der Waals surface area (Å²) in [6.45, 7) is 0.0659. The number of halogens is 1. The highest BCUT2D eigenvalue weighted by Crippen LogP contribution is 2.16. The highest BCUT2D eigenvalue weighted by atomic mass is 79.9. The van der Waals surface area contributed by atoms with Crippen LogP contribution >= 0.6 is 15.9 Å². The third-order valence-electron chi connectivity index (χ3n) is 1.75. The maximum atomic E-state index is 11.7. The van der Waals surface area contributed by atoms with E-state index in [-0.39, 0.29) is 12.5 Å². The van der Waals surface area contributed by atoms with Gasteiger partial charge in [0.05, 0.1) is 16.7 Å². The van der Waals surface area contributed by atoms with Crippen molar-refractivity contribution in [2.24, 2.45) is 7.05 Å². The van der Waals surface area contributed by atoms with Crippen molar-refractivity contribution in [2.45, 2.75) is 0 Å². The van der Waals surface area contributed by atoms with Crippen LogP contribution in [0.2, 0.25) is 0 Å². The van der Waals surface area contributed by atoms with E-state index in [1.165, 1.54) is 9.58 Å². The Balaban J connectivity index is 2.95. The van der Waals surface area contributed by atoms with Crippen LogP contribution in [0, 0.1) is 11.3 Å². The normalized spacial score (nSPS) is 9.57. The van der Waals surface area contributed by atoms with Gasteiger partial charge in [-0.1, -0.05) is 0 Å². The molecule has 0 aliphatic heterocycles. The molecule has 0 saturated heterocycles. The standard InChI is InChI=1S/C8H9BrN4O/c1-12(4-3-10)8(14)7-6(9)5-11-13(7)2/h5H,4H2,1-2H3. The number of nitriles is 1. The summed E-state index contributed by atoms with van der Waals surface area (Å²) in [4.78, 5) is 13.1. The van der Waals surface area contributed by atoms with Gasteiger partial charge in [-0.2, -0.15) is 10.4 Å². The lowest BCUT2D eigenvalue weighted by Gasteiger charge is -2.12. The average molecular weight is 257 g/mol. The second-order valence-electron chi connectivity index (χ2n) is 2.78. The van der Waals surface area contributed by atoms with E-state index in [4.69, 9.17) is 5.26 Å². The summed E-state index contributed by atoms with van der Waals surface area (Å²) in [6.07, 6.45) is 1.55. The Morgan fingerprint density at radius 3 is 2.93 bits per heavy atom. The molecule has 0 saturated carbocycles. The number of amides is 1. The average Bonchev–Trinajstić information content (AvgIpc) is 2.46. The minimum atomic E-state index is -0.224. The lowest BCUT2D eigenvalue weighted by molar-refractivity contribution is 0.0800. The summed E-state index contributed by atoms with van der Waals surface area (Å²) in [5.74, 6) is -0.224. The number of hydrogen-bond acceptors (Lipinski definition) is 3. The fraction of sp³-hybridized carbons (Fsp3) is 0.375. The number of nitrogens with zero attached hydrogens (tertiary/aromatic N) is 4. The summed E-state index contributed by atoms with van der Waals surface area (Å²) < 4.78 is 2.11. The number of carbonyl (C=O) groups is 1. The Kier molecular flexibility index (Phi) is 3.25. The van der Waals surface area contributed by atoms with Gasteiger partial charge in [-0.05, 0) is 15.9 Å². The van der Waals surface area contributed by atoms with Crippen molar-refractivity contribution in [1.29, 1.82) is 5.26 Å². The molecule has 0 radical (unpaired) electrons. The van der Waals surface area contributed by atoms with Crippen LogP contribution in [0.1, 0.15) is 10.5 Å². The molecule has 0 N–H and O–H groups in total. The molecule has 0 bridgehead atoms. The summed E-state index contributed by atoms with van der Waals surface area (Å²) in [6, 6.07) is 1.91. The van der Waals surface area contributed by atoms with Crippen LogP contribution in [0.15, 0.2) is 10.7 Å². The predicted octanol–water partition coefficient (Wildman–Crippen LogP) is 0.778. The van der Waals surface area contributed by atoms with E-state index in [0.29, 0.717) is 10.2 Å². The molecule has 1 aromatic heterocycles. The minimum Gasteiger partial charge on any atom is -0.327 e. The summed E-state index contributed by atoms with van der Waals surface area (Å²) in [7, 11) is 3.25. The molecule has 5 nitrogen and oxygen atoms in total. The van der Waals surface area contributed by atoms with Crippen LogP contribution in [0.4, 0.5) is 0 Å². The molecule has 0 aromatic carbocycles. The zero-order chi connectivity index (χ0) is 10.7. The Morgan fingerprint density at radius 2 is 2.50 bits per heavy atom. The van der Waals surface area contributed by atoms with Crippen molar-refractivity contribution in [3.05, 3.63) is 16.4 Å². The number of aryl methyl sites for hydroxylation is 1. The van der Waals surface area contributed by atoms with E-state index in [1.807, 2.05) is 6.07 Å². The SMILES string of the molecule is CN(CC#N)C(=O)c1c(Br)cnn1C. The van der Waals surface area contributed by atoms with Gasteiger partial charge in [0.15, 0.2) is 0 Å². The highest BCUT2D eigenvalue weighted by Gasteiger charge is 2.18. The van der Waals surface area contributed by atoms with Crippen LogP contribution in [-0.2, 0) is 7.05 Å². The summed E-state index contributed by atoms with van der Waals surface area (Å²) in [5, 5.41) is 12.4. The van der Waals surface area contributed by atoms with Gasteiger partial charge in [-0.3, -0.25) is 9.48 Å². The monoisotopic (exact) mass is 256 g/mol. The molecule has 1 amide bonds. The smallest absolute Gasteiger partial charge is 0.273 e. The molecular formula is C8H9BrN4O. The lowest BCUT2D eigenvalue weighted by atomic mass is 10.3. The maximum Gasteiger partial charge on any atom is 0.273 e. The summed E-state index contributed by atoms with van der Waals surface area (Å²) in [5.41, 5.74) is 0.447. The topological polar surface area (TPSA) is 61.9 Å². The zero-order valence-electron chi connectivity index (χ0n) is 7.86. The quantitative estimate of drug-likeness (QED) is 0.735. The number of rotatable bonds is 2. The van der Waals surface area contributed by atoms with Crippen molar-refractivity contribution in [1.82, 2.24) is 14.7 Å². The number of aromatic nitrogens is 2. The minimum absolute atomic E-state index is 0.0659. The van der Waals surface area contributed by atoms with Gasteiger partial charge in [0.25, 0.3) is 5.91 Å². The van der Waals surface area contributed by atoms with Gasteiger partial charge in [0.2, 0.25) is 0 Å². The van der Waals surface area contributed by atoms with Crippen LogP contribution in [0.5, 0.6) is 0 Å².